The van der Waals surface area contributed by atoms with Crippen LogP contribution in [-0.2, 0) is 20.6 Å². The van der Waals surface area contributed by atoms with Gasteiger partial charge in [-0.25, -0.2) is 9.18 Å². The number of rotatable bonds is 4. The molecule has 1 aliphatic rings. The van der Waals surface area contributed by atoms with E-state index >= 15 is 0 Å². The fourth-order valence-electron chi connectivity index (χ4n) is 3.67. The van der Waals surface area contributed by atoms with Crippen LogP contribution in [0.3, 0.4) is 0 Å². The Morgan fingerprint density at radius 3 is 2.62 bits per heavy atom. The maximum atomic E-state index is 14.6. The van der Waals surface area contributed by atoms with Crippen molar-refractivity contribution < 1.29 is 9.60 Å². The maximum Gasteiger partial charge on any atom is 0.332 e. The Balaban J connectivity index is 2.00. The van der Waals surface area contributed by atoms with E-state index in [0.717, 1.165) is 17.7 Å². The SMILES string of the molecule is Cn1c(=O)c2c(nc(N3CCNCC3)n2Cc2c(F)cccc2NO)n(C)c1=O. The summed E-state index contributed by atoms with van der Waals surface area (Å²) in [7, 11) is 2.95. The van der Waals surface area contributed by atoms with Gasteiger partial charge in [-0.2, -0.15) is 4.98 Å². The Hall–Kier alpha value is -3.18. The molecule has 10 nitrogen and oxygen atoms in total. The quantitative estimate of drug-likeness (QED) is 0.519. The first-order chi connectivity index (χ1) is 13.9. The largest absolute Gasteiger partial charge is 0.340 e. The zero-order valence-corrected chi connectivity index (χ0v) is 16.1. The lowest BCUT2D eigenvalue weighted by Gasteiger charge is -2.29. The third-order valence-electron chi connectivity index (χ3n) is 5.28. The third kappa shape index (κ3) is 3.08. The van der Waals surface area contributed by atoms with Crippen LogP contribution >= 0.6 is 0 Å². The van der Waals surface area contributed by atoms with E-state index in [1.54, 1.807) is 11.6 Å². The van der Waals surface area contributed by atoms with Crippen LogP contribution < -0.4 is 26.9 Å². The van der Waals surface area contributed by atoms with Crippen LogP contribution in [0.4, 0.5) is 16.0 Å². The predicted molar refractivity (Wildman–Crippen MR) is 106 cm³/mol. The van der Waals surface area contributed by atoms with Gasteiger partial charge in [0.25, 0.3) is 5.56 Å². The highest BCUT2D eigenvalue weighted by atomic mass is 19.1. The number of hydrogen-bond acceptors (Lipinski definition) is 7. The summed E-state index contributed by atoms with van der Waals surface area (Å²) in [6.45, 7) is 2.74. The fraction of sp³-hybridized carbons (Fsp3) is 0.389. The number of piperazine rings is 1. The van der Waals surface area contributed by atoms with Crippen LogP contribution in [0.5, 0.6) is 0 Å². The molecule has 1 aliphatic heterocycles. The zero-order chi connectivity index (χ0) is 20.7. The number of aryl methyl sites for hydroxylation is 1. The zero-order valence-electron chi connectivity index (χ0n) is 16.1. The average Bonchev–Trinajstić information content (AvgIpc) is 3.12. The summed E-state index contributed by atoms with van der Waals surface area (Å²) < 4.78 is 18.5. The first kappa shape index (κ1) is 19.2. The van der Waals surface area contributed by atoms with Gasteiger partial charge in [-0.3, -0.25) is 29.2 Å². The number of anilines is 2. The van der Waals surface area contributed by atoms with Crippen molar-refractivity contribution in [3.63, 3.8) is 0 Å². The number of hydrogen-bond donors (Lipinski definition) is 3. The lowest BCUT2D eigenvalue weighted by molar-refractivity contribution is 0.387. The second-order valence-electron chi connectivity index (χ2n) is 6.99. The number of halogens is 1. The van der Waals surface area contributed by atoms with E-state index in [1.165, 1.54) is 29.8 Å². The molecular weight excluding hydrogens is 381 g/mol. The molecule has 1 saturated heterocycles. The van der Waals surface area contributed by atoms with Crippen molar-refractivity contribution in [1.29, 1.82) is 0 Å². The lowest BCUT2D eigenvalue weighted by atomic mass is 10.1. The van der Waals surface area contributed by atoms with Crippen LogP contribution in [-0.4, -0.2) is 50.1 Å². The van der Waals surface area contributed by atoms with E-state index in [-0.39, 0.29) is 29.0 Å². The third-order valence-corrected chi connectivity index (χ3v) is 5.28. The number of nitrogens with zero attached hydrogens (tertiary/aromatic N) is 5. The molecule has 0 amide bonds. The molecule has 0 radical (unpaired) electrons. The van der Waals surface area contributed by atoms with Gasteiger partial charge in [0.2, 0.25) is 5.95 Å². The standard InChI is InChI=1S/C18H22FN7O3/c1-23-15-14(16(27)24(2)18(23)28)26(17(21-15)25-8-6-20-7-9-25)10-11-12(19)4-3-5-13(11)22-29/h3-5,20,22,29H,6-10H2,1-2H3. The Morgan fingerprint density at radius 2 is 1.93 bits per heavy atom. The predicted octanol–water partition coefficient (Wildman–Crippen LogP) is -0.168. The van der Waals surface area contributed by atoms with Crippen molar-refractivity contribution in [2.75, 3.05) is 36.6 Å². The van der Waals surface area contributed by atoms with Crippen LogP contribution in [0, 0.1) is 5.82 Å². The van der Waals surface area contributed by atoms with E-state index < -0.39 is 17.1 Å². The van der Waals surface area contributed by atoms with Gasteiger partial charge in [0, 0.05) is 45.8 Å². The number of nitrogens with one attached hydrogen (secondary N) is 2. The maximum absolute atomic E-state index is 14.6. The van der Waals surface area contributed by atoms with Crippen molar-refractivity contribution in [2.45, 2.75) is 6.54 Å². The summed E-state index contributed by atoms with van der Waals surface area (Å²) in [4.78, 5) is 31.9. The molecule has 0 unspecified atom stereocenters. The van der Waals surface area contributed by atoms with Gasteiger partial charge in [-0.15, -0.1) is 0 Å². The minimum absolute atomic E-state index is 0.0429. The van der Waals surface area contributed by atoms with Gasteiger partial charge in [0.15, 0.2) is 11.2 Å². The van der Waals surface area contributed by atoms with E-state index in [4.69, 9.17) is 0 Å². The summed E-state index contributed by atoms with van der Waals surface area (Å²) in [5.41, 5.74) is 1.83. The monoisotopic (exact) mass is 403 g/mol. The van der Waals surface area contributed by atoms with Crippen LogP contribution in [0.2, 0.25) is 0 Å². The molecule has 154 valence electrons. The lowest BCUT2D eigenvalue weighted by Crippen LogP contribution is -2.44. The Kier molecular flexibility index (Phi) is 4.84. The van der Waals surface area contributed by atoms with Crippen molar-refractivity contribution in [3.8, 4) is 0 Å². The van der Waals surface area contributed by atoms with E-state index in [1.807, 2.05) is 10.4 Å². The Labute approximate surface area is 164 Å². The van der Waals surface area contributed by atoms with Crippen LogP contribution in [0.15, 0.2) is 27.8 Å². The second-order valence-corrected chi connectivity index (χ2v) is 6.99. The summed E-state index contributed by atoms with van der Waals surface area (Å²) in [5.74, 6) is -0.0502. The topological polar surface area (TPSA) is 109 Å². The molecule has 0 saturated carbocycles. The Morgan fingerprint density at radius 1 is 1.21 bits per heavy atom. The summed E-state index contributed by atoms with van der Waals surface area (Å²) in [5, 5.41) is 12.7. The molecular formula is C18H22FN7O3. The number of benzene rings is 1. The Bertz CT molecular complexity index is 1190. The average molecular weight is 403 g/mol. The van der Waals surface area contributed by atoms with Gasteiger partial charge in [-0.05, 0) is 12.1 Å². The highest BCUT2D eigenvalue weighted by Gasteiger charge is 2.25. The van der Waals surface area contributed by atoms with E-state index in [9.17, 15) is 19.2 Å². The molecule has 0 atom stereocenters. The van der Waals surface area contributed by atoms with Gasteiger partial charge in [-0.1, -0.05) is 6.07 Å². The summed E-state index contributed by atoms with van der Waals surface area (Å²) in [6, 6.07) is 4.30. The molecule has 1 aromatic carbocycles. The molecule has 1 fully saturated rings. The van der Waals surface area contributed by atoms with E-state index in [0.29, 0.717) is 19.0 Å². The molecule has 3 aromatic rings. The van der Waals surface area contributed by atoms with Crippen LogP contribution in [0.25, 0.3) is 11.2 Å². The molecule has 2 aromatic heterocycles. The molecule has 29 heavy (non-hydrogen) atoms. The van der Waals surface area contributed by atoms with E-state index in [2.05, 4.69) is 10.3 Å². The highest BCUT2D eigenvalue weighted by Crippen LogP contribution is 2.26. The van der Waals surface area contributed by atoms with Gasteiger partial charge in [0.1, 0.15) is 5.82 Å². The minimum atomic E-state index is -0.529. The molecule has 0 aliphatic carbocycles. The molecule has 0 bridgehead atoms. The minimum Gasteiger partial charge on any atom is -0.340 e. The molecule has 4 rings (SSSR count). The van der Waals surface area contributed by atoms with Crippen molar-refractivity contribution in [3.05, 3.63) is 50.4 Å². The van der Waals surface area contributed by atoms with Gasteiger partial charge < -0.3 is 10.2 Å². The summed E-state index contributed by atoms with van der Waals surface area (Å²) >= 11 is 0. The second kappa shape index (κ2) is 7.33. The normalized spacial score (nSPS) is 14.6. The first-order valence-corrected chi connectivity index (χ1v) is 9.23. The molecule has 3 heterocycles. The fourth-order valence-corrected chi connectivity index (χ4v) is 3.67. The first-order valence-electron chi connectivity index (χ1n) is 9.23. The molecule has 0 spiro atoms. The van der Waals surface area contributed by atoms with Crippen molar-refractivity contribution in [1.82, 2.24) is 24.0 Å². The molecule has 3 N–H and O–H groups in total. The van der Waals surface area contributed by atoms with Crippen molar-refractivity contribution in [2.24, 2.45) is 14.1 Å². The number of imidazole rings is 1. The van der Waals surface area contributed by atoms with Crippen LogP contribution in [0.1, 0.15) is 5.56 Å². The smallest absolute Gasteiger partial charge is 0.332 e. The number of fused-ring (bicyclic) bond motifs is 1. The molecule has 11 heteroatoms. The van der Waals surface area contributed by atoms with Crippen molar-refractivity contribution >= 4 is 22.8 Å². The van der Waals surface area contributed by atoms with Gasteiger partial charge >= 0.3 is 5.69 Å². The summed E-state index contributed by atoms with van der Waals surface area (Å²) in [6.07, 6.45) is 0. The highest BCUT2D eigenvalue weighted by molar-refractivity contribution is 5.75. The van der Waals surface area contributed by atoms with Gasteiger partial charge in [0.05, 0.1) is 12.2 Å². The number of aromatic nitrogens is 4.